The van der Waals surface area contributed by atoms with Gasteiger partial charge in [0.2, 0.25) is 0 Å². The first-order valence-electron chi connectivity index (χ1n) is 7.34. The molecule has 0 bridgehead atoms. The first-order chi connectivity index (χ1) is 9.69. The highest BCUT2D eigenvalue weighted by atomic mass is 16.1. The van der Waals surface area contributed by atoms with E-state index < -0.39 is 0 Å². The van der Waals surface area contributed by atoms with E-state index in [2.05, 4.69) is 22.1 Å². The van der Waals surface area contributed by atoms with Gasteiger partial charge in [0, 0.05) is 25.8 Å². The molecule has 5 nitrogen and oxygen atoms in total. The number of carbonyl (C=O) groups excluding carboxylic acids is 1. The van der Waals surface area contributed by atoms with Gasteiger partial charge >= 0.3 is 0 Å². The normalized spacial score (nSPS) is 17.1. The van der Waals surface area contributed by atoms with Crippen molar-refractivity contribution in [3.05, 3.63) is 29.6 Å². The number of nitrogens with zero attached hydrogens (tertiary/aromatic N) is 2. The van der Waals surface area contributed by atoms with Crippen LogP contribution in [0.25, 0.3) is 0 Å². The number of pyridine rings is 1. The van der Waals surface area contributed by atoms with Gasteiger partial charge in [0.25, 0.3) is 5.91 Å². The highest BCUT2D eigenvalue weighted by molar-refractivity contribution is 5.92. The number of rotatable bonds is 5. The summed E-state index contributed by atoms with van der Waals surface area (Å²) >= 11 is 0. The lowest BCUT2D eigenvalue weighted by molar-refractivity contribution is 0.0939. The van der Waals surface area contributed by atoms with Gasteiger partial charge in [-0.3, -0.25) is 9.78 Å². The first-order valence-corrected chi connectivity index (χ1v) is 7.34. The minimum Gasteiger partial charge on any atom is -0.349 e. The van der Waals surface area contributed by atoms with Gasteiger partial charge in [0.05, 0.1) is 0 Å². The minimum atomic E-state index is -0.112. The Morgan fingerprint density at radius 2 is 2.20 bits per heavy atom. The molecule has 1 aromatic rings. The monoisotopic (exact) mass is 276 g/mol. The molecule has 0 saturated carbocycles. The van der Waals surface area contributed by atoms with Crippen LogP contribution in [0.2, 0.25) is 0 Å². The van der Waals surface area contributed by atoms with Crippen molar-refractivity contribution in [2.45, 2.75) is 26.3 Å². The van der Waals surface area contributed by atoms with Crippen molar-refractivity contribution in [2.24, 2.45) is 11.7 Å². The third-order valence-electron chi connectivity index (χ3n) is 3.88. The number of nitrogens with one attached hydrogen (secondary N) is 1. The first kappa shape index (κ1) is 14.9. The predicted octanol–water partition coefficient (Wildman–Crippen LogP) is 1.00. The van der Waals surface area contributed by atoms with Crippen molar-refractivity contribution in [3.63, 3.8) is 0 Å². The fourth-order valence-electron chi connectivity index (χ4n) is 2.38. The van der Waals surface area contributed by atoms with Crippen LogP contribution in [0, 0.1) is 5.92 Å². The Morgan fingerprint density at radius 3 is 2.80 bits per heavy atom. The van der Waals surface area contributed by atoms with Gasteiger partial charge in [-0.05, 0) is 43.5 Å². The van der Waals surface area contributed by atoms with Crippen LogP contribution in [0.4, 0.5) is 0 Å². The summed E-state index contributed by atoms with van der Waals surface area (Å²) in [5, 5.41) is 2.92. The minimum absolute atomic E-state index is 0.112. The Bertz CT molecular complexity index is 424. The number of aromatic nitrogens is 1. The molecule has 1 aromatic heterocycles. The van der Waals surface area contributed by atoms with Gasteiger partial charge < -0.3 is 16.0 Å². The van der Waals surface area contributed by atoms with Crippen molar-refractivity contribution < 1.29 is 4.79 Å². The maximum absolute atomic E-state index is 11.9. The smallest absolute Gasteiger partial charge is 0.269 e. The maximum atomic E-state index is 11.9. The molecule has 2 rings (SSSR count). The van der Waals surface area contributed by atoms with Gasteiger partial charge in [0.15, 0.2) is 0 Å². The predicted molar refractivity (Wildman–Crippen MR) is 79.3 cm³/mol. The molecule has 5 heteroatoms. The van der Waals surface area contributed by atoms with Crippen molar-refractivity contribution in [2.75, 3.05) is 26.2 Å². The van der Waals surface area contributed by atoms with Crippen molar-refractivity contribution >= 4 is 5.91 Å². The molecule has 0 atom stereocenters. The lowest BCUT2D eigenvalue weighted by atomic mass is 9.99. The molecule has 0 aromatic carbocycles. The third kappa shape index (κ3) is 4.28. The van der Waals surface area contributed by atoms with Crippen LogP contribution in [-0.4, -0.2) is 42.0 Å². The number of amides is 1. The van der Waals surface area contributed by atoms with E-state index in [1.54, 1.807) is 12.3 Å². The van der Waals surface area contributed by atoms with Crippen LogP contribution < -0.4 is 11.1 Å². The molecule has 0 radical (unpaired) electrons. The Balaban J connectivity index is 1.71. The van der Waals surface area contributed by atoms with Gasteiger partial charge in [-0.1, -0.05) is 13.0 Å². The average molecular weight is 276 g/mol. The number of piperidine rings is 1. The zero-order chi connectivity index (χ0) is 14.4. The Kier molecular flexibility index (Phi) is 5.49. The second kappa shape index (κ2) is 7.36. The summed E-state index contributed by atoms with van der Waals surface area (Å²) < 4.78 is 0. The van der Waals surface area contributed by atoms with E-state index >= 15 is 0 Å². The summed E-state index contributed by atoms with van der Waals surface area (Å²) in [5.74, 6) is 0.727. The lowest BCUT2D eigenvalue weighted by Gasteiger charge is -2.30. The summed E-state index contributed by atoms with van der Waals surface area (Å²) in [6.45, 7) is 6.62. The maximum Gasteiger partial charge on any atom is 0.269 e. The van der Waals surface area contributed by atoms with Gasteiger partial charge in [0.1, 0.15) is 5.69 Å². The topological polar surface area (TPSA) is 71.2 Å². The molecule has 1 aliphatic rings. The zero-order valence-corrected chi connectivity index (χ0v) is 12.1. The van der Waals surface area contributed by atoms with Gasteiger partial charge in [-0.15, -0.1) is 0 Å². The zero-order valence-electron chi connectivity index (χ0n) is 12.1. The molecule has 1 amide bonds. The Labute approximate surface area is 120 Å². The van der Waals surface area contributed by atoms with E-state index in [0.29, 0.717) is 18.8 Å². The van der Waals surface area contributed by atoms with E-state index in [-0.39, 0.29) is 5.91 Å². The molecule has 2 heterocycles. The summed E-state index contributed by atoms with van der Waals surface area (Å²) in [5.41, 5.74) is 6.89. The summed E-state index contributed by atoms with van der Waals surface area (Å²) in [4.78, 5) is 18.4. The molecular weight excluding hydrogens is 252 g/mol. The Hall–Kier alpha value is -1.46. The molecule has 0 unspecified atom stereocenters. The van der Waals surface area contributed by atoms with Crippen molar-refractivity contribution in [1.29, 1.82) is 0 Å². The van der Waals surface area contributed by atoms with E-state index in [4.69, 9.17) is 5.73 Å². The van der Waals surface area contributed by atoms with Crippen molar-refractivity contribution in [3.8, 4) is 0 Å². The molecule has 110 valence electrons. The van der Waals surface area contributed by atoms with E-state index in [0.717, 1.165) is 31.1 Å². The molecule has 1 aliphatic heterocycles. The highest BCUT2D eigenvalue weighted by Crippen LogP contribution is 2.15. The number of nitrogens with two attached hydrogens (primary N) is 1. The average Bonchev–Trinajstić information content (AvgIpc) is 2.49. The molecule has 0 aliphatic carbocycles. The summed E-state index contributed by atoms with van der Waals surface area (Å²) in [7, 11) is 0. The molecule has 1 fully saturated rings. The van der Waals surface area contributed by atoms with E-state index in [1.807, 2.05) is 6.07 Å². The number of likely N-dealkylation sites (tertiary alicyclic amines) is 1. The molecule has 0 spiro atoms. The van der Waals surface area contributed by atoms with Gasteiger partial charge in [-0.2, -0.15) is 0 Å². The number of hydrogen-bond acceptors (Lipinski definition) is 4. The standard InChI is InChI=1S/C15H24N4O/c1-12-4-7-19(8-5-12)9-6-17-15(20)14-3-2-13(10-16)11-18-14/h2-3,11-12H,4-10,16H2,1H3,(H,17,20). The SMILES string of the molecule is CC1CCN(CCNC(=O)c2ccc(CN)cn2)CC1. The number of carbonyl (C=O) groups is 1. The van der Waals surface area contributed by atoms with Crippen LogP contribution in [0.3, 0.4) is 0 Å². The molecule has 3 N–H and O–H groups in total. The summed E-state index contributed by atoms with van der Waals surface area (Å²) in [6.07, 6.45) is 4.17. The second-order valence-corrected chi connectivity index (χ2v) is 5.54. The fraction of sp³-hybridized carbons (Fsp3) is 0.600. The second-order valence-electron chi connectivity index (χ2n) is 5.54. The van der Waals surface area contributed by atoms with E-state index in [9.17, 15) is 4.79 Å². The quantitative estimate of drug-likeness (QED) is 0.841. The van der Waals surface area contributed by atoms with Gasteiger partial charge in [-0.25, -0.2) is 0 Å². The van der Waals surface area contributed by atoms with E-state index in [1.165, 1.54) is 12.8 Å². The van der Waals surface area contributed by atoms with Crippen LogP contribution in [0.5, 0.6) is 0 Å². The fourth-order valence-corrected chi connectivity index (χ4v) is 2.38. The molecular formula is C15H24N4O. The number of hydrogen-bond donors (Lipinski definition) is 2. The largest absolute Gasteiger partial charge is 0.349 e. The summed E-state index contributed by atoms with van der Waals surface area (Å²) in [6, 6.07) is 3.56. The van der Waals surface area contributed by atoms with Crippen LogP contribution in [-0.2, 0) is 6.54 Å². The van der Waals surface area contributed by atoms with Crippen LogP contribution >= 0.6 is 0 Å². The van der Waals surface area contributed by atoms with Crippen LogP contribution in [0.15, 0.2) is 18.3 Å². The van der Waals surface area contributed by atoms with Crippen molar-refractivity contribution in [1.82, 2.24) is 15.2 Å². The highest BCUT2D eigenvalue weighted by Gasteiger charge is 2.15. The van der Waals surface area contributed by atoms with Crippen LogP contribution in [0.1, 0.15) is 35.8 Å². The third-order valence-corrected chi connectivity index (χ3v) is 3.88. The molecule has 20 heavy (non-hydrogen) atoms. The Morgan fingerprint density at radius 1 is 1.45 bits per heavy atom. The molecule has 1 saturated heterocycles. The lowest BCUT2D eigenvalue weighted by Crippen LogP contribution is -2.39.